The summed E-state index contributed by atoms with van der Waals surface area (Å²) in [6, 6.07) is 0.238. The summed E-state index contributed by atoms with van der Waals surface area (Å²) in [6.45, 7) is 1.26. The van der Waals surface area contributed by atoms with Crippen LogP contribution in [0.1, 0.15) is 6.92 Å². The number of rotatable bonds is 4. The highest BCUT2D eigenvalue weighted by atomic mass is 79.9. The van der Waals surface area contributed by atoms with Gasteiger partial charge in [0.2, 0.25) is 10.0 Å². The lowest BCUT2D eigenvalue weighted by molar-refractivity contribution is -0.138. The molecule has 90 valence electrons. The lowest BCUT2D eigenvalue weighted by atomic mass is 10.4. The Morgan fingerprint density at radius 1 is 1.56 bits per heavy atom. The second-order valence-corrected chi connectivity index (χ2v) is 8.30. The maximum Gasteiger partial charge on any atom is 0.321 e. The maximum atomic E-state index is 11.8. The van der Waals surface area contributed by atoms with E-state index in [4.69, 9.17) is 5.11 Å². The van der Waals surface area contributed by atoms with E-state index < -0.39 is 22.0 Å². The first-order valence-corrected chi connectivity index (χ1v) is 7.82. The van der Waals surface area contributed by atoms with Crippen LogP contribution in [0.4, 0.5) is 0 Å². The van der Waals surface area contributed by atoms with Crippen molar-refractivity contribution in [3.8, 4) is 0 Å². The molecular weight excluding hydrogens is 386 g/mol. The molecular formula is C7H7Br2NO4S2. The second-order valence-electron chi connectivity index (χ2n) is 2.87. The van der Waals surface area contributed by atoms with Gasteiger partial charge in [-0.05, 0) is 44.8 Å². The predicted molar refractivity (Wildman–Crippen MR) is 67.1 cm³/mol. The monoisotopic (exact) mass is 391 g/mol. The number of sulfonamides is 1. The molecule has 5 nitrogen and oxygen atoms in total. The fourth-order valence-corrected chi connectivity index (χ4v) is 5.86. The molecule has 0 radical (unpaired) electrons. The molecule has 0 unspecified atom stereocenters. The number of hydrogen-bond acceptors (Lipinski definition) is 4. The molecule has 0 aliphatic heterocycles. The van der Waals surface area contributed by atoms with Gasteiger partial charge in [-0.3, -0.25) is 4.79 Å². The molecule has 1 rings (SSSR count). The summed E-state index contributed by atoms with van der Waals surface area (Å²) in [4.78, 5) is 10.6. The van der Waals surface area contributed by atoms with Crippen molar-refractivity contribution in [1.29, 1.82) is 0 Å². The molecule has 0 bridgehead atoms. The number of halogens is 2. The fraction of sp³-hybridized carbons (Fsp3) is 0.286. The summed E-state index contributed by atoms with van der Waals surface area (Å²) in [5, 5.41) is 8.62. The fourth-order valence-electron chi connectivity index (χ4n) is 0.855. The molecule has 1 aromatic rings. The van der Waals surface area contributed by atoms with E-state index in [9.17, 15) is 13.2 Å². The van der Waals surface area contributed by atoms with Gasteiger partial charge in [-0.15, -0.1) is 11.3 Å². The van der Waals surface area contributed by atoms with Crippen LogP contribution in [-0.4, -0.2) is 25.5 Å². The Hall–Kier alpha value is 0.0400. The third-order valence-electron chi connectivity index (χ3n) is 1.62. The van der Waals surface area contributed by atoms with Gasteiger partial charge in [-0.2, -0.15) is 4.72 Å². The van der Waals surface area contributed by atoms with Crippen molar-refractivity contribution in [2.24, 2.45) is 0 Å². The minimum Gasteiger partial charge on any atom is -0.480 e. The summed E-state index contributed by atoms with van der Waals surface area (Å²) >= 11 is 7.45. The van der Waals surface area contributed by atoms with Gasteiger partial charge in [-0.1, -0.05) is 0 Å². The molecule has 16 heavy (non-hydrogen) atoms. The molecule has 0 aliphatic rings. The van der Waals surface area contributed by atoms with Gasteiger partial charge in [0.05, 0.1) is 7.57 Å². The first kappa shape index (κ1) is 14.1. The number of aliphatic carboxylic acids is 1. The molecule has 0 fully saturated rings. The molecule has 0 saturated carbocycles. The zero-order valence-electron chi connectivity index (χ0n) is 7.90. The molecule has 1 heterocycles. The highest BCUT2D eigenvalue weighted by molar-refractivity contribution is 9.12. The third kappa shape index (κ3) is 3.27. The maximum absolute atomic E-state index is 11.8. The number of carboxylic acid groups (broad SMARTS) is 1. The van der Waals surface area contributed by atoms with Crippen LogP contribution >= 0.6 is 43.2 Å². The summed E-state index contributed by atoms with van der Waals surface area (Å²) in [7, 11) is -3.81. The topological polar surface area (TPSA) is 83.5 Å². The van der Waals surface area contributed by atoms with Crippen LogP contribution in [0, 0.1) is 0 Å². The minimum atomic E-state index is -3.81. The van der Waals surface area contributed by atoms with Crippen molar-refractivity contribution in [2.45, 2.75) is 17.9 Å². The van der Waals surface area contributed by atoms with E-state index in [-0.39, 0.29) is 4.90 Å². The Morgan fingerprint density at radius 3 is 2.50 bits per heavy atom. The van der Waals surface area contributed by atoms with Gasteiger partial charge in [0.15, 0.2) is 0 Å². The Balaban J connectivity index is 3.03. The second kappa shape index (κ2) is 5.13. The Labute approximate surface area is 113 Å². The van der Waals surface area contributed by atoms with Crippen molar-refractivity contribution < 1.29 is 18.3 Å². The lowest BCUT2D eigenvalue weighted by Gasteiger charge is -2.08. The molecule has 0 amide bonds. The highest BCUT2D eigenvalue weighted by Gasteiger charge is 2.25. The number of nitrogens with one attached hydrogen (secondary N) is 1. The Morgan fingerprint density at radius 2 is 2.12 bits per heavy atom. The molecule has 2 N–H and O–H groups in total. The van der Waals surface area contributed by atoms with E-state index in [2.05, 4.69) is 36.6 Å². The molecule has 9 heteroatoms. The van der Waals surface area contributed by atoms with Crippen LogP contribution in [0.15, 0.2) is 18.5 Å². The summed E-state index contributed by atoms with van der Waals surface area (Å²) in [5.74, 6) is -1.23. The van der Waals surface area contributed by atoms with Crippen LogP contribution in [0.5, 0.6) is 0 Å². The normalized spacial score (nSPS) is 13.7. The van der Waals surface area contributed by atoms with Crippen molar-refractivity contribution in [3.05, 3.63) is 13.6 Å². The summed E-state index contributed by atoms with van der Waals surface area (Å²) in [5.41, 5.74) is 0. The van der Waals surface area contributed by atoms with Gasteiger partial charge >= 0.3 is 5.97 Å². The van der Waals surface area contributed by atoms with E-state index in [0.29, 0.717) is 7.57 Å². The van der Waals surface area contributed by atoms with E-state index in [1.807, 2.05) is 0 Å². The van der Waals surface area contributed by atoms with Gasteiger partial charge in [0.25, 0.3) is 0 Å². The number of thiophene rings is 1. The first-order valence-electron chi connectivity index (χ1n) is 3.94. The smallest absolute Gasteiger partial charge is 0.321 e. The van der Waals surface area contributed by atoms with E-state index >= 15 is 0 Å². The van der Waals surface area contributed by atoms with Crippen molar-refractivity contribution >= 4 is 59.2 Å². The van der Waals surface area contributed by atoms with Gasteiger partial charge < -0.3 is 5.11 Å². The van der Waals surface area contributed by atoms with Crippen molar-refractivity contribution in [2.75, 3.05) is 0 Å². The zero-order valence-corrected chi connectivity index (χ0v) is 12.7. The van der Waals surface area contributed by atoms with E-state index in [1.54, 1.807) is 0 Å². The molecule has 1 atom stereocenters. The quantitative estimate of drug-likeness (QED) is 0.820. The van der Waals surface area contributed by atoms with Crippen molar-refractivity contribution in [1.82, 2.24) is 4.72 Å². The van der Waals surface area contributed by atoms with Crippen LogP contribution in [-0.2, 0) is 14.8 Å². The predicted octanol–water partition coefficient (Wildman–Crippen LogP) is 2.02. The average molecular weight is 393 g/mol. The average Bonchev–Trinajstić information content (AvgIpc) is 2.45. The molecule has 0 spiro atoms. The van der Waals surface area contributed by atoms with Crippen LogP contribution in [0.25, 0.3) is 0 Å². The highest BCUT2D eigenvalue weighted by Crippen LogP contribution is 2.34. The Bertz CT molecular complexity index is 510. The van der Waals surface area contributed by atoms with Crippen LogP contribution in [0.2, 0.25) is 0 Å². The van der Waals surface area contributed by atoms with Gasteiger partial charge in [0.1, 0.15) is 10.9 Å². The minimum absolute atomic E-state index is 0.0254. The molecule has 0 saturated heterocycles. The number of hydrogen-bond donors (Lipinski definition) is 2. The van der Waals surface area contributed by atoms with E-state index in [0.717, 1.165) is 0 Å². The van der Waals surface area contributed by atoms with Gasteiger partial charge in [0, 0.05) is 0 Å². The van der Waals surface area contributed by atoms with Gasteiger partial charge in [-0.25, -0.2) is 8.42 Å². The van der Waals surface area contributed by atoms with Crippen LogP contribution in [0.3, 0.4) is 0 Å². The zero-order chi connectivity index (χ0) is 12.5. The number of carbonyl (C=O) groups is 1. The number of carboxylic acids is 1. The van der Waals surface area contributed by atoms with Crippen LogP contribution < -0.4 is 4.72 Å². The SMILES string of the molecule is C[C@@H](NS(=O)(=O)c1cc(Br)sc1Br)C(=O)O. The molecule has 1 aromatic heterocycles. The summed E-state index contributed by atoms with van der Waals surface area (Å²) < 4.78 is 26.6. The third-order valence-corrected chi connectivity index (χ3v) is 5.91. The van der Waals surface area contributed by atoms with E-state index in [1.165, 1.54) is 24.3 Å². The van der Waals surface area contributed by atoms with Crippen molar-refractivity contribution in [3.63, 3.8) is 0 Å². The Kier molecular flexibility index (Phi) is 4.52. The largest absolute Gasteiger partial charge is 0.480 e. The molecule has 0 aliphatic carbocycles. The standard InChI is InChI=1S/C7H7Br2NO4S2/c1-3(7(11)12)10-16(13,14)4-2-5(8)15-6(4)9/h2-3,10H,1H3,(H,11,12)/t3-/m1/s1. The first-order chi connectivity index (χ1) is 7.24. The summed E-state index contributed by atoms with van der Waals surface area (Å²) in [6.07, 6.45) is 0. The lowest BCUT2D eigenvalue weighted by Crippen LogP contribution is -2.38. The molecule has 0 aromatic carbocycles.